The summed E-state index contributed by atoms with van der Waals surface area (Å²) in [6, 6.07) is 8.52. The molecule has 2 nitrogen and oxygen atoms in total. The quantitative estimate of drug-likeness (QED) is 0.856. The topological polar surface area (TPSA) is 46.2 Å². The van der Waals surface area contributed by atoms with E-state index in [4.69, 9.17) is 5.73 Å². The van der Waals surface area contributed by atoms with E-state index in [0.29, 0.717) is 5.92 Å². The van der Waals surface area contributed by atoms with Gasteiger partial charge >= 0.3 is 0 Å². The largest absolute Gasteiger partial charge is 0.388 e. The summed E-state index contributed by atoms with van der Waals surface area (Å²) in [5.41, 5.74) is 8.54. The predicted octanol–water partition coefficient (Wildman–Crippen LogP) is 2.90. The lowest BCUT2D eigenvalue weighted by Crippen LogP contribution is -2.20. The number of hydrogen-bond acceptors (Lipinski definition) is 2. The molecule has 2 fully saturated rings. The first kappa shape index (κ1) is 12.2. The van der Waals surface area contributed by atoms with Crippen LogP contribution in [0, 0.1) is 5.92 Å². The van der Waals surface area contributed by atoms with Gasteiger partial charge in [0.05, 0.1) is 6.10 Å². The van der Waals surface area contributed by atoms with E-state index in [9.17, 15) is 5.11 Å². The summed E-state index contributed by atoms with van der Waals surface area (Å²) < 4.78 is 0. The van der Waals surface area contributed by atoms with Crippen molar-refractivity contribution in [3.8, 4) is 0 Å². The van der Waals surface area contributed by atoms with Gasteiger partial charge in [-0.05, 0) is 42.7 Å². The lowest BCUT2D eigenvalue weighted by atomic mass is 9.89. The second-order valence-electron chi connectivity index (χ2n) is 6.10. The molecular weight excluding hydrogens is 222 g/mol. The van der Waals surface area contributed by atoms with Crippen LogP contribution in [0.4, 0.5) is 0 Å². The van der Waals surface area contributed by atoms with Crippen molar-refractivity contribution < 1.29 is 5.11 Å². The van der Waals surface area contributed by atoms with E-state index in [2.05, 4.69) is 24.3 Å². The van der Waals surface area contributed by atoms with Gasteiger partial charge in [-0.25, -0.2) is 0 Å². The van der Waals surface area contributed by atoms with Crippen LogP contribution in [0.15, 0.2) is 24.3 Å². The molecule has 0 saturated heterocycles. The third-order valence-corrected chi connectivity index (χ3v) is 4.93. The van der Waals surface area contributed by atoms with Gasteiger partial charge < -0.3 is 10.8 Å². The van der Waals surface area contributed by atoms with Crippen LogP contribution in [0.3, 0.4) is 0 Å². The Morgan fingerprint density at radius 1 is 1.28 bits per heavy atom. The second-order valence-corrected chi connectivity index (χ2v) is 6.10. The van der Waals surface area contributed by atoms with Crippen molar-refractivity contribution in [1.29, 1.82) is 0 Å². The highest BCUT2D eigenvalue weighted by Crippen LogP contribution is 2.48. The third kappa shape index (κ3) is 2.08. The van der Waals surface area contributed by atoms with E-state index in [1.165, 1.54) is 44.1 Å². The number of benzene rings is 1. The zero-order chi connectivity index (χ0) is 12.6. The molecule has 0 bridgehead atoms. The Balaban J connectivity index is 1.82. The van der Waals surface area contributed by atoms with Gasteiger partial charge in [0.15, 0.2) is 0 Å². The molecule has 3 N–H and O–H groups in total. The van der Waals surface area contributed by atoms with Gasteiger partial charge in [0.2, 0.25) is 0 Å². The van der Waals surface area contributed by atoms with Crippen molar-refractivity contribution >= 4 is 0 Å². The minimum absolute atomic E-state index is 0.228. The Morgan fingerprint density at radius 2 is 2.00 bits per heavy atom. The number of aliphatic hydroxyl groups is 1. The minimum atomic E-state index is -0.277. The molecule has 2 aliphatic rings. The zero-order valence-corrected chi connectivity index (χ0v) is 10.9. The number of nitrogens with two attached hydrogens (primary N) is 1. The van der Waals surface area contributed by atoms with Crippen LogP contribution in [0.5, 0.6) is 0 Å². The molecule has 1 aromatic rings. The van der Waals surface area contributed by atoms with E-state index in [1.54, 1.807) is 0 Å². The van der Waals surface area contributed by atoms with Crippen LogP contribution < -0.4 is 5.73 Å². The van der Waals surface area contributed by atoms with E-state index in [-0.39, 0.29) is 11.5 Å². The monoisotopic (exact) mass is 245 g/mol. The van der Waals surface area contributed by atoms with Crippen molar-refractivity contribution in [2.24, 2.45) is 11.7 Å². The van der Waals surface area contributed by atoms with Gasteiger partial charge in [-0.2, -0.15) is 0 Å². The highest BCUT2D eigenvalue weighted by Gasteiger charge is 2.43. The maximum Gasteiger partial charge on any atom is 0.0818 e. The van der Waals surface area contributed by atoms with Gasteiger partial charge in [-0.3, -0.25) is 0 Å². The first-order valence-corrected chi connectivity index (χ1v) is 7.24. The molecule has 0 aromatic heterocycles. The van der Waals surface area contributed by atoms with E-state index in [1.807, 2.05) is 0 Å². The zero-order valence-electron chi connectivity index (χ0n) is 10.9. The Hall–Kier alpha value is -0.860. The maximum absolute atomic E-state index is 10.5. The van der Waals surface area contributed by atoms with Gasteiger partial charge in [0, 0.05) is 12.0 Å². The summed E-state index contributed by atoms with van der Waals surface area (Å²) in [5, 5.41) is 10.5. The fourth-order valence-corrected chi connectivity index (χ4v) is 3.36. The lowest BCUT2D eigenvalue weighted by Gasteiger charge is -2.20. The van der Waals surface area contributed by atoms with Crippen LogP contribution in [0.1, 0.15) is 55.8 Å². The molecule has 0 spiro atoms. The fourth-order valence-electron chi connectivity index (χ4n) is 3.36. The Kier molecular flexibility index (Phi) is 3.16. The molecule has 2 aliphatic carbocycles. The molecule has 0 radical (unpaired) electrons. The molecule has 3 rings (SSSR count). The molecule has 2 heteroatoms. The van der Waals surface area contributed by atoms with E-state index < -0.39 is 0 Å². The average molecular weight is 245 g/mol. The van der Waals surface area contributed by atoms with Crippen LogP contribution >= 0.6 is 0 Å². The van der Waals surface area contributed by atoms with Crippen LogP contribution in [-0.4, -0.2) is 11.7 Å². The van der Waals surface area contributed by atoms with E-state index >= 15 is 0 Å². The van der Waals surface area contributed by atoms with Crippen LogP contribution in [-0.2, 0) is 5.41 Å². The van der Waals surface area contributed by atoms with Crippen molar-refractivity contribution in [1.82, 2.24) is 0 Å². The smallest absolute Gasteiger partial charge is 0.0818 e. The summed E-state index contributed by atoms with van der Waals surface area (Å²) in [5.74, 6) is 0.466. The van der Waals surface area contributed by atoms with Crippen molar-refractivity contribution in [3.63, 3.8) is 0 Å². The lowest BCUT2D eigenvalue weighted by molar-refractivity contribution is 0.111. The third-order valence-electron chi connectivity index (χ3n) is 4.93. The molecule has 18 heavy (non-hydrogen) atoms. The molecule has 0 heterocycles. The maximum atomic E-state index is 10.5. The molecule has 2 saturated carbocycles. The molecule has 0 aliphatic heterocycles. The Bertz CT molecular complexity index is 419. The summed E-state index contributed by atoms with van der Waals surface area (Å²) in [7, 11) is 0. The van der Waals surface area contributed by atoms with Crippen molar-refractivity contribution in [2.75, 3.05) is 6.54 Å². The average Bonchev–Trinajstić information content (AvgIpc) is 3.04. The molecule has 0 amide bonds. The summed E-state index contributed by atoms with van der Waals surface area (Å²) >= 11 is 0. The highest BCUT2D eigenvalue weighted by atomic mass is 16.3. The minimum Gasteiger partial charge on any atom is -0.388 e. The first-order valence-electron chi connectivity index (χ1n) is 7.24. The van der Waals surface area contributed by atoms with Gasteiger partial charge in [0.25, 0.3) is 0 Å². The molecular formula is C16H23NO. The molecule has 98 valence electrons. The van der Waals surface area contributed by atoms with Crippen LogP contribution in [0.25, 0.3) is 0 Å². The fraction of sp³-hybridized carbons (Fsp3) is 0.625. The Labute approximate surface area is 109 Å². The molecule has 1 unspecified atom stereocenters. The molecule has 1 atom stereocenters. The number of aliphatic hydroxyl groups excluding tert-OH is 1. The van der Waals surface area contributed by atoms with Crippen molar-refractivity contribution in [2.45, 2.75) is 50.0 Å². The van der Waals surface area contributed by atoms with Crippen molar-refractivity contribution in [3.05, 3.63) is 35.4 Å². The van der Waals surface area contributed by atoms with Gasteiger partial charge in [-0.1, -0.05) is 37.1 Å². The SMILES string of the molecule is NCC1(c2cccc(C(O)C3CCCC3)c2)CC1. The summed E-state index contributed by atoms with van der Waals surface area (Å²) in [6.07, 6.45) is 7.02. The molecule has 1 aromatic carbocycles. The first-order chi connectivity index (χ1) is 8.75. The standard InChI is InChI=1S/C16H23NO/c17-11-16(8-9-16)14-7-3-6-13(10-14)15(18)12-4-1-2-5-12/h3,6-7,10,12,15,18H,1-2,4-5,8-9,11,17H2. The number of hydrogen-bond donors (Lipinski definition) is 2. The summed E-state index contributed by atoms with van der Waals surface area (Å²) in [4.78, 5) is 0. The normalized spacial score (nSPS) is 24.1. The van der Waals surface area contributed by atoms with E-state index in [0.717, 1.165) is 12.1 Å². The summed E-state index contributed by atoms with van der Waals surface area (Å²) in [6.45, 7) is 0.732. The second kappa shape index (κ2) is 4.67. The highest BCUT2D eigenvalue weighted by molar-refractivity contribution is 5.36. The van der Waals surface area contributed by atoms with Crippen LogP contribution in [0.2, 0.25) is 0 Å². The van der Waals surface area contributed by atoms with Gasteiger partial charge in [-0.15, -0.1) is 0 Å². The number of rotatable bonds is 4. The Morgan fingerprint density at radius 3 is 2.61 bits per heavy atom. The van der Waals surface area contributed by atoms with Gasteiger partial charge in [0.1, 0.15) is 0 Å². The predicted molar refractivity (Wildman–Crippen MR) is 73.3 cm³/mol.